The molecule has 0 bridgehead atoms. The van der Waals surface area contributed by atoms with E-state index >= 15 is 0 Å². The van der Waals surface area contributed by atoms with E-state index in [4.69, 9.17) is 0 Å². The fourth-order valence-corrected chi connectivity index (χ4v) is 4.91. The lowest BCUT2D eigenvalue weighted by atomic mass is 10.1. The van der Waals surface area contributed by atoms with E-state index in [1.807, 2.05) is 60.8 Å². The molecule has 4 rings (SSSR count). The van der Waals surface area contributed by atoms with Gasteiger partial charge in [0.05, 0.1) is 5.38 Å². The van der Waals surface area contributed by atoms with Gasteiger partial charge in [0.15, 0.2) is 4.88 Å². The standard InChI is InChI=1S/C19H13BrN2O2S2/c1-12-2-4-14(5-3-12)17-18(26-11-21(17)23)19-22(24)16(10-25-19)13-6-8-15(20)9-7-13/h2-11H,1H3. The molecule has 0 aliphatic rings. The average Bonchev–Trinajstić information content (AvgIpc) is 3.19. The largest absolute Gasteiger partial charge is 0.618 e. The Balaban J connectivity index is 1.83. The quantitative estimate of drug-likeness (QED) is 0.324. The summed E-state index contributed by atoms with van der Waals surface area (Å²) in [6.07, 6.45) is 0. The van der Waals surface area contributed by atoms with Gasteiger partial charge < -0.3 is 10.4 Å². The molecule has 0 spiro atoms. The maximum Gasteiger partial charge on any atom is 0.298 e. The minimum absolute atomic E-state index is 0.517. The number of halogens is 1. The van der Waals surface area contributed by atoms with Crippen molar-refractivity contribution in [2.75, 3.05) is 0 Å². The lowest BCUT2D eigenvalue weighted by molar-refractivity contribution is -0.590. The second-order valence-corrected chi connectivity index (χ2v) is 8.45. The van der Waals surface area contributed by atoms with Crippen LogP contribution < -0.4 is 9.46 Å². The van der Waals surface area contributed by atoms with Crippen LogP contribution in [0.25, 0.3) is 32.4 Å². The summed E-state index contributed by atoms with van der Waals surface area (Å²) in [6.45, 7) is 2.00. The summed E-state index contributed by atoms with van der Waals surface area (Å²) in [6, 6.07) is 15.3. The van der Waals surface area contributed by atoms with E-state index in [0.29, 0.717) is 21.3 Å². The van der Waals surface area contributed by atoms with Gasteiger partial charge in [0.1, 0.15) is 0 Å². The van der Waals surface area contributed by atoms with Crippen molar-refractivity contribution in [3.8, 4) is 32.4 Å². The first-order valence-electron chi connectivity index (χ1n) is 7.79. The second kappa shape index (κ2) is 6.83. The zero-order valence-corrected chi connectivity index (χ0v) is 16.9. The van der Waals surface area contributed by atoms with E-state index in [1.54, 1.807) is 0 Å². The molecule has 4 nitrogen and oxygen atoms in total. The van der Waals surface area contributed by atoms with Crippen molar-refractivity contribution in [2.45, 2.75) is 6.92 Å². The third-order valence-electron chi connectivity index (χ3n) is 4.05. The molecule has 0 aliphatic heterocycles. The van der Waals surface area contributed by atoms with E-state index < -0.39 is 0 Å². The molecule has 0 saturated heterocycles. The third kappa shape index (κ3) is 3.02. The summed E-state index contributed by atoms with van der Waals surface area (Å²) >= 11 is 6.04. The molecule has 130 valence electrons. The van der Waals surface area contributed by atoms with Crippen LogP contribution in [-0.4, -0.2) is 0 Å². The third-order valence-corrected chi connectivity index (χ3v) is 6.56. The van der Waals surface area contributed by atoms with Crippen molar-refractivity contribution < 1.29 is 9.46 Å². The minimum Gasteiger partial charge on any atom is -0.618 e. The van der Waals surface area contributed by atoms with Crippen LogP contribution in [0.1, 0.15) is 5.56 Å². The van der Waals surface area contributed by atoms with Crippen LogP contribution in [-0.2, 0) is 0 Å². The van der Waals surface area contributed by atoms with Crippen LogP contribution in [0.3, 0.4) is 0 Å². The van der Waals surface area contributed by atoms with Crippen molar-refractivity contribution >= 4 is 38.6 Å². The average molecular weight is 445 g/mol. The van der Waals surface area contributed by atoms with Crippen molar-refractivity contribution in [3.05, 3.63) is 79.9 Å². The van der Waals surface area contributed by atoms with Crippen molar-refractivity contribution in [3.63, 3.8) is 0 Å². The Morgan fingerprint density at radius 1 is 0.885 bits per heavy atom. The summed E-state index contributed by atoms with van der Waals surface area (Å²) in [5.74, 6) is 0. The number of benzene rings is 2. The molecule has 0 atom stereocenters. The highest BCUT2D eigenvalue weighted by Gasteiger charge is 2.29. The van der Waals surface area contributed by atoms with Crippen LogP contribution in [0.15, 0.2) is 63.9 Å². The van der Waals surface area contributed by atoms with Gasteiger partial charge in [-0.2, -0.15) is 9.46 Å². The normalized spacial score (nSPS) is 11.0. The smallest absolute Gasteiger partial charge is 0.298 e. The van der Waals surface area contributed by atoms with Gasteiger partial charge in [-0.15, -0.1) is 0 Å². The highest BCUT2D eigenvalue weighted by atomic mass is 79.9. The molecule has 2 aromatic carbocycles. The predicted octanol–water partition coefficient (Wildman–Crippen LogP) is 5.15. The van der Waals surface area contributed by atoms with E-state index in [-0.39, 0.29) is 0 Å². The molecule has 0 amide bonds. The monoisotopic (exact) mass is 444 g/mol. The molecule has 0 unspecified atom stereocenters. The molecule has 7 heteroatoms. The summed E-state index contributed by atoms with van der Waals surface area (Å²) in [5, 5.41) is 27.6. The first-order chi connectivity index (χ1) is 12.5. The molecule has 0 radical (unpaired) electrons. The van der Waals surface area contributed by atoms with Gasteiger partial charge in [-0.1, -0.05) is 56.3 Å². The lowest BCUT2D eigenvalue weighted by Gasteiger charge is -2.03. The number of hydrogen-bond donors (Lipinski definition) is 0. The van der Waals surface area contributed by atoms with Gasteiger partial charge in [0.2, 0.25) is 16.9 Å². The van der Waals surface area contributed by atoms with E-state index in [1.165, 1.54) is 28.2 Å². The van der Waals surface area contributed by atoms with Gasteiger partial charge in [-0.05, 0) is 43.3 Å². The van der Waals surface area contributed by atoms with Crippen LogP contribution in [0.2, 0.25) is 0 Å². The zero-order chi connectivity index (χ0) is 18.3. The summed E-state index contributed by atoms with van der Waals surface area (Å²) in [7, 11) is 0. The number of thiazole rings is 2. The number of rotatable bonds is 3. The Morgan fingerprint density at radius 3 is 2.23 bits per heavy atom. The molecule has 0 fully saturated rings. The summed E-state index contributed by atoms with van der Waals surface area (Å²) in [4.78, 5) is 0.687. The molecule has 4 aromatic rings. The molecule has 0 N–H and O–H groups in total. The fourth-order valence-electron chi connectivity index (χ4n) is 2.70. The van der Waals surface area contributed by atoms with Gasteiger partial charge in [-0.3, -0.25) is 0 Å². The number of aryl methyl sites for hydroxylation is 1. The molecule has 0 saturated carbocycles. The number of hydrogen-bond acceptors (Lipinski definition) is 4. The number of nitrogens with zero attached hydrogens (tertiary/aromatic N) is 2. The van der Waals surface area contributed by atoms with Crippen LogP contribution in [0.5, 0.6) is 0 Å². The SMILES string of the molecule is Cc1ccc(-c2c(-c3scc(-c4ccc(Br)cc4)[n+]3[O-])sc[n+]2[O-])cc1. The zero-order valence-electron chi connectivity index (χ0n) is 13.7. The van der Waals surface area contributed by atoms with Crippen LogP contribution in [0.4, 0.5) is 0 Å². The number of aromatic nitrogens is 2. The Labute approximate surface area is 166 Å². The maximum absolute atomic E-state index is 12.9. The van der Waals surface area contributed by atoms with Crippen LogP contribution in [0, 0.1) is 17.3 Å². The van der Waals surface area contributed by atoms with Crippen LogP contribution >= 0.6 is 38.6 Å². The molecule has 2 heterocycles. The first-order valence-corrected chi connectivity index (χ1v) is 10.3. The molecular weight excluding hydrogens is 432 g/mol. The second-order valence-electron chi connectivity index (χ2n) is 5.82. The summed E-state index contributed by atoms with van der Waals surface area (Å²) < 4.78 is 2.71. The van der Waals surface area contributed by atoms with Gasteiger partial charge in [0, 0.05) is 15.6 Å². The van der Waals surface area contributed by atoms with E-state index in [2.05, 4.69) is 15.9 Å². The Kier molecular flexibility index (Phi) is 4.52. The first kappa shape index (κ1) is 17.2. The molecule has 26 heavy (non-hydrogen) atoms. The lowest BCUT2D eigenvalue weighted by Crippen LogP contribution is -2.29. The Hall–Kier alpha value is -2.22. The highest BCUT2D eigenvalue weighted by Crippen LogP contribution is 2.36. The van der Waals surface area contributed by atoms with Crippen molar-refractivity contribution in [1.29, 1.82) is 0 Å². The fraction of sp³-hybridized carbons (Fsp3) is 0.0526. The molecular formula is C19H13BrN2O2S2. The summed E-state index contributed by atoms with van der Waals surface area (Å²) in [5.41, 5.74) is 5.36. The topological polar surface area (TPSA) is 53.9 Å². The maximum atomic E-state index is 12.9. The van der Waals surface area contributed by atoms with Gasteiger partial charge in [-0.25, -0.2) is 0 Å². The molecule has 2 aromatic heterocycles. The predicted molar refractivity (Wildman–Crippen MR) is 109 cm³/mol. The van der Waals surface area contributed by atoms with Gasteiger partial charge in [0.25, 0.3) is 5.01 Å². The van der Waals surface area contributed by atoms with E-state index in [0.717, 1.165) is 30.6 Å². The molecule has 0 aliphatic carbocycles. The van der Waals surface area contributed by atoms with Gasteiger partial charge >= 0.3 is 0 Å². The van der Waals surface area contributed by atoms with Crippen molar-refractivity contribution in [2.24, 2.45) is 0 Å². The van der Waals surface area contributed by atoms with E-state index in [9.17, 15) is 10.4 Å². The van der Waals surface area contributed by atoms with Crippen molar-refractivity contribution in [1.82, 2.24) is 0 Å². The minimum atomic E-state index is 0.517. The Morgan fingerprint density at radius 2 is 1.54 bits per heavy atom. The Bertz CT molecular complexity index is 1070. The highest BCUT2D eigenvalue weighted by molar-refractivity contribution is 9.10.